The molecule has 16 heavy (non-hydrogen) atoms. The van der Waals surface area contributed by atoms with Gasteiger partial charge in [-0.25, -0.2) is 8.42 Å². The molecule has 1 heterocycles. The summed E-state index contributed by atoms with van der Waals surface area (Å²) < 4.78 is 22.4. The molecule has 0 aromatic rings. The lowest BCUT2D eigenvalue weighted by Gasteiger charge is -2.21. The molecule has 0 spiro atoms. The van der Waals surface area contributed by atoms with E-state index in [9.17, 15) is 13.2 Å². The van der Waals surface area contributed by atoms with E-state index in [1.54, 1.807) is 0 Å². The zero-order valence-electron chi connectivity index (χ0n) is 9.87. The largest absolute Gasteiger partial charge is 0.356 e. The molecule has 0 atom stereocenters. The first-order valence-electron chi connectivity index (χ1n) is 6.00. The SMILES string of the molecule is CCCCNC(=O)CC1CCS(=O)(=O)CC1. The summed E-state index contributed by atoms with van der Waals surface area (Å²) in [5.74, 6) is 0.822. The zero-order valence-corrected chi connectivity index (χ0v) is 10.7. The first-order valence-corrected chi connectivity index (χ1v) is 7.83. The van der Waals surface area contributed by atoms with Crippen LogP contribution in [0.4, 0.5) is 0 Å². The van der Waals surface area contributed by atoms with Crippen molar-refractivity contribution < 1.29 is 13.2 Å². The fourth-order valence-electron chi connectivity index (χ4n) is 1.88. The third-order valence-electron chi connectivity index (χ3n) is 3.00. The molecule has 94 valence electrons. The average molecular weight is 247 g/mol. The van der Waals surface area contributed by atoms with Gasteiger partial charge in [0.25, 0.3) is 0 Å². The number of carbonyl (C=O) groups excluding carboxylic acids is 1. The van der Waals surface area contributed by atoms with Gasteiger partial charge in [-0.3, -0.25) is 4.79 Å². The molecule has 1 saturated heterocycles. The molecular weight excluding hydrogens is 226 g/mol. The molecule has 0 unspecified atom stereocenters. The second-order valence-corrected chi connectivity index (χ2v) is 6.81. The van der Waals surface area contributed by atoms with Crippen LogP contribution < -0.4 is 5.32 Å². The summed E-state index contributed by atoms with van der Waals surface area (Å²) in [5.41, 5.74) is 0. The number of hydrogen-bond donors (Lipinski definition) is 1. The minimum absolute atomic E-state index is 0.0674. The number of hydrogen-bond acceptors (Lipinski definition) is 3. The van der Waals surface area contributed by atoms with Crippen LogP contribution in [-0.4, -0.2) is 32.4 Å². The normalized spacial score (nSPS) is 20.6. The molecule has 0 aliphatic carbocycles. The molecule has 1 aliphatic rings. The summed E-state index contributed by atoms with van der Waals surface area (Å²) in [6.45, 7) is 2.82. The highest BCUT2D eigenvalue weighted by Crippen LogP contribution is 2.21. The Balaban J connectivity index is 2.20. The van der Waals surface area contributed by atoms with Crippen molar-refractivity contribution in [1.82, 2.24) is 5.32 Å². The first-order chi connectivity index (χ1) is 7.53. The van der Waals surface area contributed by atoms with Crippen molar-refractivity contribution in [2.75, 3.05) is 18.1 Å². The van der Waals surface area contributed by atoms with Crippen molar-refractivity contribution in [2.24, 2.45) is 5.92 Å². The van der Waals surface area contributed by atoms with Crippen LogP contribution in [0.1, 0.15) is 39.0 Å². The van der Waals surface area contributed by atoms with Gasteiger partial charge in [-0.15, -0.1) is 0 Å². The van der Waals surface area contributed by atoms with E-state index in [1.807, 2.05) is 0 Å². The van der Waals surface area contributed by atoms with Gasteiger partial charge in [0.15, 0.2) is 0 Å². The van der Waals surface area contributed by atoms with E-state index in [0.717, 1.165) is 19.4 Å². The van der Waals surface area contributed by atoms with Crippen molar-refractivity contribution in [3.05, 3.63) is 0 Å². The van der Waals surface area contributed by atoms with Gasteiger partial charge in [0, 0.05) is 13.0 Å². The predicted molar refractivity (Wildman–Crippen MR) is 63.9 cm³/mol. The maximum Gasteiger partial charge on any atom is 0.220 e. The van der Waals surface area contributed by atoms with Crippen LogP contribution in [0.25, 0.3) is 0 Å². The quantitative estimate of drug-likeness (QED) is 0.740. The lowest BCUT2D eigenvalue weighted by molar-refractivity contribution is -0.122. The van der Waals surface area contributed by atoms with E-state index >= 15 is 0 Å². The average Bonchev–Trinajstić information content (AvgIpc) is 2.22. The molecule has 0 aromatic carbocycles. The fraction of sp³-hybridized carbons (Fsp3) is 0.909. The van der Waals surface area contributed by atoms with Gasteiger partial charge in [0.05, 0.1) is 11.5 Å². The maximum absolute atomic E-state index is 11.5. The number of carbonyl (C=O) groups is 1. The molecule has 1 amide bonds. The Labute approximate surface area is 97.7 Å². The Kier molecular flexibility index (Phi) is 5.25. The molecule has 1 aliphatic heterocycles. The Hall–Kier alpha value is -0.580. The number of sulfone groups is 1. The van der Waals surface area contributed by atoms with Crippen molar-refractivity contribution in [1.29, 1.82) is 0 Å². The summed E-state index contributed by atoms with van der Waals surface area (Å²) in [6, 6.07) is 0. The smallest absolute Gasteiger partial charge is 0.220 e. The summed E-state index contributed by atoms with van der Waals surface area (Å²) in [4.78, 5) is 11.5. The second-order valence-electron chi connectivity index (χ2n) is 4.50. The predicted octanol–water partition coefficient (Wildman–Crippen LogP) is 1.12. The monoisotopic (exact) mass is 247 g/mol. The number of amides is 1. The van der Waals surface area contributed by atoms with Gasteiger partial charge in [-0.05, 0) is 25.2 Å². The number of nitrogens with one attached hydrogen (secondary N) is 1. The van der Waals surface area contributed by atoms with Crippen molar-refractivity contribution in [3.63, 3.8) is 0 Å². The fourth-order valence-corrected chi connectivity index (χ4v) is 3.47. The second kappa shape index (κ2) is 6.23. The molecule has 0 aromatic heterocycles. The van der Waals surface area contributed by atoms with Crippen molar-refractivity contribution >= 4 is 15.7 Å². The summed E-state index contributed by atoms with van der Waals surface area (Å²) in [7, 11) is -2.80. The molecule has 0 bridgehead atoms. The Morgan fingerprint density at radius 2 is 1.94 bits per heavy atom. The van der Waals surface area contributed by atoms with E-state index in [1.165, 1.54) is 0 Å². The summed E-state index contributed by atoms with van der Waals surface area (Å²) in [5, 5.41) is 2.86. The third-order valence-corrected chi connectivity index (χ3v) is 4.72. The van der Waals surface area contributed by atoms with Gasteiger partial charge in [0.1, 0.15) is 9.84 Å². The number of unbranched alkanes of at least 4 members (excludes halogenated alkanes) is 1. The van der Waals surface area contributed by atoms with Gasteiger partial charge in [-0.1, -0.05) is 13.3 Å². The zero-order chi connectivity index (χ0) is 12.0. The van der Waals surface area contributed by atoms with E-state index in [-0.39, 0.29) is 23.3 Å². The van der Waals surface area contributed by atoms with Gasteiger partial charge in [-0.2, -0.15) is 0 Å². The molecular formula is C11H21NO3S. The topological polar surface area (TPSA) is 63.2 Å². The molecule has 5 heteroatoms. The molecule has 1 N–H and O–H groups in total. The Morgan fingerprint density at radius 1 is 1.31 bits per heavy atom. The lowest BCUT2D eigenvalue weighted by Crippen LogP contribution is -2.30. The van der Waals surface area contributed by atoms with Crippen LogP contribution in [0.3, 0.4) is 0 Å². The first kappa shape index (κ1) is 13.5. The Bertz CT molecular complexity index is 310. The van der Waals surface area contributed by atoms with Crippen LogP contribution in [0.15, 0.2) is 0 Å². The Morgan fingerprint density at radius 3 is 2.50 bits per heavy atom. The van der Waals surface area contributed by atoms with E-state index in [0.29, 0.717) is 19.3 Å². The molecule has 1 fully saturated rings. The van der Waals surface area contributed by atoms with Crippen LogP contribution in [0, 0.1) is 5.92 Å². The summed E-state index contributed by atoms with van der Waals surface area (Å²) >= 11 is 0. The minimum Gasteiger partial charge on any atom is -0.356 e. The maximum atomic E-state index is 11.5. The minimum atomic E-state index is -2.80. The van der Waals surface area contributed by atoms with E-state index in [2.05, 4.69) is 12.2 Å². The standard InChI is InChI=1S/C11H21NO3S/c1-2-3-6-12-11(13)9-10-4-7-16(14,15)8-5-10/h10H,2-9H2,1H3,(H,12,13). The van der Waals surface area contributed by atoms with Crippen LogP contribution in [-0.2, 0) is 14.6 Å². The number of rotatable bonds is 5. The summed E-state index contributed by atoms with van der Waals surface area (Å²) in [6.07, 6.45) is 3.85. The van der Waals surface area contributed by atoms with Gasteiger partial charge < -0.3 is 5.32 Å². The van der Waals surface area contributed by atoms with Crippen molar-refractivity contribution in [2.45, 2.75) is 39.0 Å². The van der Waals surface area contributed by atoms with Crippen LogP contribution in [0.5, 0.6) is 0 Å². The molecule has 0 saturated carbocycles. The van der Waals surface area contributed by atoms with Gasteiger partial charge in [0.2, 0.25) is 5.91 Å². The van der Waals surface area contributed by atoms with E-state index < -0.39 is 9.84 Å². The van der Waals surface area contributed by atoms with Crippen LogP contribution >= 0.6 is 0 Å². The molecule has 1 rings (SSSR count). The van der Waals surface area contributed by atoms with Crippen molar-refractivity contribution in [3.8, 4) is 0 Å². The van der Waals surface area contributed by atoms with Crippen LogP contribution in [0.2, 0.25) is 0 Å². The molecule has 4 nitrogen and oxygen atoms in total. The third kappa shape index (κ3) is 4.96. The van der Waals surface area contributed by atoms with Gasteiger partial charge >= 0.3 is 0 Å². The molecule has 0 radical (unpaired) electrons. The highest BCUT2D eigenvalue weighted by Gasteiger charge is 2.24. The lowest BCUT2D eigenvalue weighted by atomic mass is 9.98. The van der Waals surface area contributed by atoms with E-state index in [4.69, 9.17) is 0 Å². The highest BCUT2D eigenvalue weighted by atomic mass is 32.2. The highest BCUT2D eigenvalue weighted by molar-refractivity contribution is 7.91.